The van der Waals surface area contributed by atoms with Crippen molar-refractivity contribution in [2.24, 2.45) is 0 Å². The monoisotopic (exact) mass is 210 g/mol. The summed E-state index contributed by atoms with van der Waals surface area (Å²) in [7, 11) is 0. The zero-order chi connectivity index (χ0) is 11.6. The predicted octanol–water partition coefficient (Wildman–Crippen LogP) is 0.472. The molecular weight excluding hydrogens is 196 g/mol. The summed E-state index contributed by atoms with van der Waals surface area (Å²) in [5, 5.41) is 23.3. The Morgan fingerprint density at radius 1 is 1.60 bits per heavy atom. The molecule has 0 bridgehead atoms. The Labute approximate surface area is 87.9 Å². The summed E-state index contributed by atoms with van der Waals surface area (Å²) in [6.45, 7) is 5.18. The molecule has 1 aromatic heterocycles. The highest BCUT2D eigenvalue weighted by molar-refractivity contribution is 5.91. The summed E-state index contributed by atoms with van der Waals surface area (Å²) < 4.78 is 0.451. The highest BCUT2D eigenvalue weighted by Gasteiger charge is 2.18. The van der Waals surface area contributed by atoms with E-state index in [9.17, 15) is 15.1 Å². The molecule has 0 aliphatic heterocycles. The first kappa shape index (κ1) is 11.3. The van der Waals surface area contributed by atoms with Gasteiger partial charge in [0.2, 0.25) is 0 Å². The number of carbonyl (C=O) groups excluding carboxylic acids is 1. The van der Waals surface area contributed by atoms with E-state index >= 15 is 0 Å². The maximum Gasteiger partial charge on any atom is 0.317 e. The number of hydrogen-bond donors (Lipinski definition) is 2. The van der Waals surface area contributed by atoms with Crippen LogP contribution in [0.2, 0.25) is 0 Å². The van der Waals surface area contributed by atoms with E-state index in [-0.39, 0.29) is 17.5 Å². The lowest BCUT2D eigenvalue weighted by Crippen LogP contribution is -2.41. The fraction of sp³-hybridized carbons (Fsp3) is 0.400. The van der Waals surface area contributed by atoms with E-state index in [4.69, 9.17) is 0 Å². The Kier molecular flexibility index (Phi) is 3.14. The lowest BCUT2D eigenvalue weighted by Gasteiger charge is -2.09. The molecule has 0 atom stereocenters. The molecular formula is C10H14N2O3. The fourth-order valence-electron chi connectivity index (χ4n) is 1.12. The minimum absolute atomic E-state index is 0.0547. The van der Waals surface area contributed by atoms with Gasteiger partial charge in [-0.25, -0.2) is 0 Å². The highest BCUT2D eigenvalue weighted by Crippen LogP contribution is 2.13. The first-order valence-electron chi connectivity index (χ1n) is 4.65. The zero-order valence-electron chi connectivity index (χ0n) is 8.94. The number of rotatable bonds is 2. The van der Waals surface area contributed by atoms with Crippen LogP contribution in [0.5, 0.6) is 5.75 Å². The molecule has 2 N–H and O–H groups in total. The van der Waals surface area contributed by atoms with Gasteiger partial charge in [-0.1, -0.05) is 0 Å². The standard InChI is InChI=1S/C10H14N2O3/c1-6(2)11-10(14)8-4-9(13)7(3)5-12(8)15/h4-6,13H,1-3H3,(H,11,14). The molecule has 0 aromatic carbocycles. The maximum atomic E-state index is 11.5. The average Bonchev–Trinajstić information content (AvgIpc) is 2.09. The summed E-state index contributed by atoms with van der Waals surface area (Å²) in [5.74, 6) is -0.550. The molecule has 0 unspecified atom stereocenters. The summed E-state index contributed by atoms with van der Waals surface area (Å²) in [5.41, 5.74) is 0.331. The number of carbonyl (C=O) groups is 1. The van der Waals surface area contributed by atoms with Crippen LogP contribution in [0.3, 0.4) is 0 Å². The van der Waals surface area contributed by atoms with Crippen molar-refractivity contribution in [1.29, 1.82) is 0 Å². The van der Waals surface area contributed by atoms with E-state index in [1.807, 2.05) is 0 Å². The number of amides is 1. The lowest BCUT2D eigenvalue weighted by atomic mass is 10.2. The molecule has 0 fully saturated rings. The minimum Gasteiger partial charge on any atom is -0.618 e. The Bertz CT molecular complexity index is 388. The van der Waals surface area contributed by atoms with Crippen molar-refractivity contribution >= 4 is 5.91 Å². The summed E-state index contributed by atoms with van der Waals surface area (Å²) in [4.78, 5) is 11.5. The van der Waals surface area contributed by atoms with E-state index < -0.39 is 5.91 Å². The molecule has 82 valence electrons. The van der Waals surface area contributed by atoms with E-state index in [0.29, 0.717) is 10.3 Å². The van der Waals surface area contributed by atoms with Gasteiger partial charge in [-0.2, -0.15) is 4.73 Å². The van der Waals surface area contributed by atoms with Crippen molar-refractivity contribution in [3.63, 3.8) is 0 Å². The highest BCUT2D eigenvalue weighted by atomic mass is 16.5. The van der Waals surface area contributed by atoms with Crippen molar-refractivity contribution in [3.05, 3.63) is 28.7 Å². The van der Waals surface area contributed by atoms with Crippen molar-refractivity contribution in [2.75, 3.05) is 0 Å². The van der Waals surface area contributed by atoms with Crippen LogP contribution in [0.25, 0.3) is 0 Å². The van der Waals surface area contributed by atoms with Gasteiger partial charge in [0, 0.05) is 6.04 Å². The van der Waals surface area contributed by atoms with E-state index in [0.717, 1.165) is 0 Å². The third-order valence-electron chi connectivity index (χ3n) is 1.88. The van der Waals surface area contributed by atoms with E-state index in [2.05, 4.69) is 5.32 Å². The van der Waals surface area contributed by atoms with Crippen LogP contribution in [0.15, 0.2) is 12.3 Å². The molecule has 0 aliphatic rings. The lowest BCUT2D eigenvalue weighted by molar-refractivity contribution is -0.608. The molecule has 15 heavy (non-hydrogen) atoms. The zero-order valence-corrected chi connectivity index (χ0v) is 8.94. The van der Waals surface area contributed by atoms with Crippen LogP contribution in [0.1, 0.15) is 29.9 Å². The second-order valence-corrected chi connectivity index (χ2v) is 3.68. The number of aromatic hydroxyl groups is 1. The van der Waals surface area contributed by atoms with Gasteiger partial charge >= 0.3 is 5.91 Å². The Morgan fingerprint density at radius 2 is 2.20 bits per heavy atom. The predicted molar refractivity (Wildman–Crippen MR) is 54.4 cm³/mol. The SMILES string of the molecule is Cc1c[n+]([O-])c(C(=O)NC(C)C)cc1O. The van der Waals surface area contributed by atoms with Crippen molar-refractivity contribution in [3.8, 4) is 5.75 Å². The number of aromatic nitrogens is 1. The third-order valence-corrected chi connectivity index (χ3v) is 1.88. The molecule has 1 heterocycles. The molecule has 0 aliphatic carbocycles. The fourth-order valence-corrected chi connectivity index (χ4v) is 1.12. The molecule has 5 heteroatoms. The quantitative estimate of drug-likeness (QED) is 0.550. The molecule has 1 rings (SSSR count). The second-order valence-electron chi connectivity index (χ2n) is 3.68. The molecule has 0 radical (unpaired) electrons. The summed E-state index contributed by atoms with van der Waals surface area (Å²) in [6, 6.07) is 1.11. The van der Waals surface area contributed by atoms with Crippen molar-refractivity contribution in [1.82, 2.24) is 5.32 Å². The molecule has 0 saturated carbocycles. The molecule has 5 nitrogen and oxygen atoms in total. The van der Waals surface area contributed by atoms with Crippen LogP contribution in [-0.4, -0.2) is 17.1 Å². The van der Waals surface area contributed by atoms with Crippen LogP contribution in [-0.2, 0) is 0 Å². The van der Waals surface area contributed by atoms with Crippen LogP contribution < -0.4 is 10.0 Å². The Morgan fingerprint density at radius 3 is 2.73 bits per heavy atom. The third kappa shape index (κ3) is 2.59. The van der Waals surface area contributed by atoms with Gasteiger partial charge in [-0.15, -0.1) is 0 Å². The largest absolute Gasteiger partial charge is 0.618 e. The molecule has 0 spiro atoms. The van der Waals surface area contributed by atoms with Crippen LogP contribution >= 0.6 is 0 Å². The summed E-state index contributed by atoms with van der Waals surface area (Å²) in [6.07, 6.45) is 1.17. The van der Waals surface area contributed by atoms with Gasteiger partial charge in [0.15, 0.2) is 6.20 Å². The van der Waals surface area contributed by atoms with Gasteiger partial charge in [0.05, 0.1) is 11.6 Å². The first-order chi connectivity index (χ1) is 6.91. The van der Waals surface area contributed by atoms with E-state index in [1.54, 1.807) is 20.8 Å². The van der Waals surface area contributed by atoms with Crippen molar-refractivity contribution < 1.29 is 14.6 Å². The molecule has 1 amide bonds. The minimum atomic E-state index is -0.490. The van der Waals surface area contributed by atoms with Gasteiger partial charge in [-0.3, -0.25) is 4.79 Å². The smallest absolute Gasteiger partial charge is 0.317 e. The summed E-state index contributed by atoms with van der Waals surface area (Å²) >= 11 is 0. The number of aryl methyl sites for hydroxylation is 1. The van der Waals surface area contributed by atoms with Crippen LogP contribution in [0, 0.1) is 12.1 Å². The average molecular weight is 210 g/mol. The van der Waals surface area contributed by atoms with Gasteiger partial charge in [-0.05, 0) is 20.8 Å². The van der Waals surface area contributed by atoms with Gasteiger partial charge in [0.25, 0.3) is 5.69 Å². The number of nitrogens with zero attached hydrogens (tertiary/aromatic N) is 1. The topological polar surface area (TPSA) is 76.3 Å². The normalized spacial score (nSPS) is 10.4. The second kappa shape index (κ2) is 4.16. The maximum absolute atomic E-state index is 11.5. The van der Waals surface area contributed by atoms with E-state index in [1.165, 1.54) is 12.3 Å². The van der Waals surface area contributed by atoms with Crippen molar-refractivity contribution in [2.45, 2.75) is 26.8 Å². The van der Waals surface area contributed by atoms with Crippen LogP contribution in [0.4, 0.5) is 0 Å². The molecule has 1 aromatic rings. The number of nitrogens with one attached hydrogen (secondary N) is 1. The van der Waals surface area contributed by atoms with Gasteiger partial charge < -0.3 is 15.6 Å². The Hall–Kier alpha value is -1.78. The molecule has 0 saturated heterocycles. The number of hydrogen-bond acceptors (Lipinski definition) is 3. The Balaban J connectivity index is 3.04. The first-order valence-corrected chi connectivity index (χ1v) is 4.65. The number of pyridine rings is 1. The van der Waals surface area contributed by atoms with Gasteiger partial charge in [0.1, 0.15) is 5.75 Å².